The zero-order valence-corrected chi connectivity index (χ0v) is 10.2. The fourth-order valence-corrected chi connectivity index (χ4v) is 2.47. The van der Waals surface area contributed by atoms with Crippen LogP contribution in [-0.4, -0.2) is 17.8 Å². The van der Waals surface area contributed by atoms with Crippen molar-refractivity contribution in [3.8, 4) is 0 Å². The average molecular weight is 270 g/mol. The third-order valence-electron chi connectivity index (χ3n) is 3.36. The van der Waals surface area contributed by atoms with Gasteiger partial charge in [0.15, 0.2) is 0 Å². The molecule has 3 heteroatoms. The Morgan fingerprint density at radius 3 is 2.40 bits per heavy atom. The first kappa shape index (κ1) is 11.1. The molecule has 1 aromatic rings. The first-order valence-corrected chi connectivity index (χ1v) is 6.11. The van der Waals surface area contributed by atoms with Crippen molar-refractivity contribution in [3.05, 3.63) is 34.3 Å². The molecule has 0 radical (unpaired) electrons. The number of hydrogen-bond acceptors (Lipinski definition) is 2. The molecule has 82 valence electrons. The summed E-state index contributed by atoms with van der Waals surface area (Å²) in [6.45, 7) is 0.180. The molecule has 0 heterocycles. The van der Waals surface area contributed by atoms with Gasteiger partial charge in [0.2, 0.25) is 0 Å². The van der Waals surface area contributed by atoms with Gasteiger partial charge in [0.05, 0.1) is 0 Å². The molecule has 0 aliphatic heterocycles. The van der Waals surface area contributed by atoms with E-state index in [-0.39, 0.29) is 18.1 Å². The summed E-state index contributed by atoms with van der Waals surface area (Å²) in [7, 11) is 0. The molecule has 1 fully saturated rings. The minimum Gasteiger partial charge on any atom is -0.396 e. The highest BCUT2D eigenvalue weighted by Gasteiger charge is 2.48. The summed E-state index contributed by atoms with van der Waals surface area (Å²) in [6, 6.07) is 8.47. The van der Waals surface area contributed by atoms with Crippen LogP contribution in [0.4, 0.5) is 0 Å². The Kier molecular flexibility index (Phi) is 3.14. The number of aliphatic hydroxyl groups is 1. The van der Waals surface area contributed by atoms with E-state index in [0.717, 1.165) is 17.3 Å². The van der Waals surface area contributed by atoms with E-state index in [1.165, 1.54) is 5.56 Å². The molecule has 1 aliphatic rings. The monoisotopic (exact) mass is 269 g/mol. The normalized spacial score (nSPS) is 19.9. The van der Waals surface area contributed by atoms with Gasteiger partial charge in [-0.3, -0.25) is 0 Å². The van der Waals surface area contributed by atoms with Crippen LogP contribution < -0.4 is 5.73 Å². The molecule has 2 rings (SSSR count). The van der Waals surface area contributed by atoms with Gasteiger partial charge in [-0.25, -0.2) is 0 Å². The van der Waals surface area contributed by atoms with Gasteiger partial charge in [-0.2, -0.15) is 0 Å². The Morgan fingerprint density at radius 1 is 1.33 bits per heavy atom. The Hall–Kier alpha value is -0.380. The van der Waals surface area contributed by atoms with Crippen LogP contribution in [0.2, 0.25) is 0 Å². The summed E-state index contributed by atoms with van der Waals surface area (Å²) >= 11 is 3.43. The van der Waals surface area contributed by atoms with Crippen LogP contribution in [0.25, 0.3) is 0 Å². The highest BCUT2D eigenvalue weighted by atomic mass is 79.9. The van der Waals surface area contributed by atoms with Crippen molar-refractivity contribution in [2.45, 2.75) is 30.7 Å². The van der Waals surface area contributed by atoms with E-state index in [1.54, 1.807) is 0 Å². The van der Waals surface area contributed by atoms with E-state index >= 15 is 0 Å². The summed E-state index contributed by atoms with van der Waals surface area (Å²) in [5.74, 6) is 0. The number of rotatable bonds is 4. The molecule has 1 saturated carbocycles. The largest absolute Gasteiger partial charge is 0.396 e. The predicted molar refractivity (Wildman–Crippen MR) is 64.7 cm³/mol. The van der Waals surface area contributed by atoms with Gasteiger partial charge in [-0.15, -0.1) is 0 Å². The first-order chi connectivity index (χ1) is 7.19. The number of hydrogen-bond donors (Lipinski definition) is 2. The molecular weight excluding hydrogens is 254 g/mol. The molecule has 0 amide bonds. The molecule has 0 bridgehead atoms. The topological polar surface area (TPSA) is 46.2 Å². The second-order valence-electron chi connectivity index (χ2n) is 4.28. The molecular formula is C12H16BrNO. The van der Waals surface area contributed by atoms with Gasteiger partial charge in [-0.1, -0.05) is 28.1 Å². The summed E-state index contributed by atoms with van der Waals surface area (Å²) in [4.78, 5) is 0. The van der Waals surface area contributed by atoms with Crippen LogP contribution in [-0.2, 0) is 5.41 Å². The van der Waals surface area contributed by atoms with Crippen molar-refractivity contribution in [1.82, 2.24) is 0 Å². The number of benzene rings is 1. The zero-order chi connectivity index (χ0) is 10.9. The highest BCUT2D eigenvalue weighted by molar-refractivity contribution is 9.10. The van der Waals surface area contributed by atoms with Crippen molar-refractivity contribution in [3.63, 3.8) is 0 Å². The quantitative estimate of drug-likeness (QED) is 0.881. The average Bonchev–Trinajstić information content (AvgIpc) is 3.00. The highest BCUT2D eigenvalue weighted by Crippen LogP contribution is 2.51. The van der Waals surface area contributed by atoms with Crippen LogP contribution >= 0.6 is 15.9 Å². The number of aliphatic hydroxyl groups excluding tert-OH is 1. The molecule has 1 aromatic carbocycles. The van der Waals surface area contributed by atoms with Crippen LogP contribution in [0.15, 0.2) is 28.7 Å². The molecule has 1 atom stereocenters. The maximum Gasteiger partial charge on any atom is 0.0446 e. The summed E-state index contributed by atoms with van der Waals surface area (Å²) in [6.07, 6.45) is 2.99. The summed E-state index contributed by atoms with van der Waals surface area (Å²) < 4.78 is 1.10. The van der Waals surface area contributed by atoms with Gasteiger partial charge in [0.1, 0.15) is 0 Å². The molecule has 0 aromatic heterocycles. The lowest BCUT2D eigenvalue weighted by atomic mass is 9.87. The maximum atomic E-state index is 8.93. The van der Waals surface area contributed by atoms with E-state index in [0.29, 0.717) is 6.42 Å². The third-order valence-corrected chi connectivity index (χ3v) is 3.89. The predicted octanol–water partition coefficient (Wildman–Crippen LogP) is 2.19. The van der Waals surface area contributed by atoms with Gasteiger partial charge in [0, 0.05) is 22.5 Å². The van der Waals surface area contributed by atoms with E-state index in [9.17, 15) is 0 Å². The van der Waals surface area contributed by atoms with Crippen molar-refractivity contribution in [2.75, 3.05) is 6.61 Å². The standard InChI is InChI=1S/C12H16BrNO/c13-10-3-1-9(2-4-10)12(6-7-12)11(14)5-8-15/h1-4,11,15H,5-8,14H2. The van der Waals surface area contributed by atoms with Crippen molar-refractivity contribution < 1.29 is 5.11 Å². The van der Waals surface area contributed by atoms with Crippen LogP contribution in [0.1, 0.15) is 24.8 Å². The molecule has 15 heavy (non-hydrogen) atoms. The molecule has 1 aliphatic carbocycles. The van der Waals surface area contributed by atoms with Gasteiger partial charge < -0.3 is 10.8 Å². The second-order valence-corrected chi connectivity index (χ2v) is 5.20. The minimum atomic E-state index is 0.0867. The van der Waals surface area contributed by atoms with Crippen LogP contribution in [0.3, 0.4) is 0 Å². The smallest absolute Gasteiger partial charge is 0.0446 e. The Morgan fingerprint density at radius 2 is 1.93 bits per heavy atom. The van der Waals surface area contributed by atoms with Crippen LogP contribution in [0, 0.1) is 0 Å². The van der Waals surface area contributed by atoms with E-state index in [4.69, 9.17) is 10.8 Å². The lowest BCUT2D eigenvalue weighted by molar-refractivity contribution is 0.264. The van der Waals surface area contributed by atoms with Crippen LogP contribution in [0.5, 0.6) is 0 Å². The molecule has 3 N–H and O–H groups in total. The molecule has 0 saturated heterocycles. The maximum absolute atomic E-state index is 8.93. The lowest BCUT2D eigenvalue weighted by Gasteiger charge is -2.23. The van der Waals surface area contributed by atoms with E-state index in [1.807, 2.05) is 0 Å². The number of nitrogens with two attached hydrogens (primary N) is 1. The number of halogens is 1. The van der Waals surface area contributed by atoms with E-state index < -0.39 is 0 Å². The Balaban J connectivity index is 2.19. The fraction of sp³-hybridized carbons (Fsp3) is 0.500. The van der Waals surface area contributed by atoms with Crippen molar-refractivity contribution in [2.24, 2.45) is 5.73 Å². The van der Waals surface area contributed by atoms with Gasteiger partial charge in [0.25, 0.3) is 0 Å². The fourth-order valence-electron chi connectivity index (χ4n) is 2.21. The summed E-state index contributed by atoms with van der Waals surface area (Å²) in [5.41, 5.74) is 7.58. The third kappa shape index (κ3) is 2.10. The Bertz CT molecular complexity index is 332. The molecule has 1 unspecified atom stereocenters. The van der Waals surface area contributed by atoms with Crippen molar-refractivity contribution in [1.29, 1.82) is 0 Å². The minimum absolute atomic E-state index is 0.0867. The summed E-state index contributed by atoms with van der Waals surface area (Å²) in [5, 5.41) is 8.93. The zero-order valence-electron chi connectivity index (χ0n) is 8.62. The molecule has 2 nitrogen and oxygen atoms in total. The van der Waals surface area contributed by atoms with Crippen molar-refractivity contribution >= 4 is 15.9 Å². The Labute approximate surface area is 98.6 Å². The lowest BCUT2D eigenvalue weighted by Crippen LogP contribution is -2.35. The van der Waals surface area contributed by atoms with E-state index in [2.05, 4.69) is 40.2 Å². The molecule has 0 spiro atoms. The second kappa shape index (κ2) is 4.24. The van der Waals surface area contributed by atoms with Gasteiger partial charge >= 0.3 is 0 Å². The SMILES string of the molecule is NC(CCO)C1(c2ccc(Br)cc2)CC1. The first-order valence-electron chi connectivity index (χ1n) is 5.31. The van der Waals surface area contributed by atoms with Gasteiger partial charge in [-0.05, 0) is 37.0 Å².